The van der Waals surface area contributed by atoms with E-state index in [1.807, 2.05) is 0 Å². The lowest BCUT2D eigenvalue weighted by atomic mass is 9.81. The summed E-state index contributed by atoms with van der Waals surface area (Å²) in [6.07, 6.45) is 1.59. The SMILES string of the molecule is CC1(C)c2ccccc2-c2cc3c(cc21)CCC3=O. The lowest BCUT2D eigenvalue weighted by Crippen LogP contribution is -2.15. The topological polar surface area (TPSA) is 17.1 Å². The lowest BCUT2D eigenvalue weighted by molar-refractivity contribution is 0.0994. The monoisotopic (exact) mass is 248 g/mol. The van der Waals surface area contributed by atoms with Crippen molar-refractivity contribution in [2.45, 2.75) is 32.1 Å². The Morgan fingerprint density at radius 3 is 2.53 bits per heavy atom. The van der Waals surface area contributed by atoms with Crippen molar-refractivity contribution in [1.29, 1.82) is 0 Å². The summed E-state index contributed by atoms with van der Waals surface area (Å²) in [5.41, 5.74) is 7.55. The summed E-state index contributed by atoms with van der Waals surface area (Å²) in [4.78, 5) is 11.9. The molecule has 0 bridgehead atoms. The minimum Gasteiger partial charge on any atom is -0.294 e. The molecule has 0 aromatic heterocycles. The van der Waals surface area contributed by atoms with Gasteiger partial charge in [0.2, 0.25) is 0 Å². The lowest BCUT2D eigenvalue weighted by Gasteiger charge is -2.21. The molecule has 0 atom stereocenters. The molecule has 2 aliphatic rings. The standard InChI is InChI=1S/C18H16O/c1-18(2)15-6-4-3-5-12(15)14-10-13-11(9-16(14)18)7-8-17(13)19/h3-6,9-10H,7-8H2,1-2H3. The van der Waals surface area contributed by atoms with Crippen LogP contribution in [-0.4, -0.2) is 5.78 Å². The van der Waals surface area contributed by atoms with E-state index in [-0.39, 0.29) is 5.41 Å². The van der Waals surface area contributed by atoms with E-state index in [0.29, 0.717) is 12.2 Å². The fourth-order valence-electron chi connectivity index (χ4n) is 3.64. The van der Waals surface area contributed by atoms with Crippen molar-refractivity contribution < 1.29 is 4.79 Å². The highest BCUT2D eigenvalue weighted by Crippen LogP contribution is 2.49. The predicted molar refractivity (Wildman–Crippen MR) is 76.7 cm³/mol. The smallest absolute Gasteiger partial charge is 0.163 e. The summed E-state index contributed by atoms with van der Waals surface area (Å²) in [6.45, 7) is 4.56. The number of carbonyl (C=O) groups is 1. The van der Waals surface area contributed by atoms with Crippen LogP contribution < -0.4 is 0 Å². The molecule has 0 unspecified atom stereocenters. The molecule has 0 aliphatic heterocycles. The van der Waals surface area contributed by atoms with Crippen LogP contribution in [0.4, 0.5) is 0 Å². The van der Waals surface area contributed by atoms with Gasteiger partial charge in [-0.25, -0.2) is 0 Å². The van der Waals surface area contributed by atoms with Crippen molar-refractivity contribution in [2.24, 2.45) is 0 Å². The van der Waals surface area contributed by atoms with Gasteiger partial charge in [0.15, 0.2) is 5.78 Å². The Balaban J connectivity index is 2.08. The third-order valence-corrected chi connectivity index (χ3v) is 4.73. The second kappa shape index (κ2) is 3.36. The average Bonchev–Trinajstić information content (AvgIpc) is 2.88. The molecule has 4 rings (SSSR count). The minimum atomic E-state index is 0.0482. The maximum Gasteiger partial charge on any atom is 0.163 e. The minimum absolute atomic E-state index is 0.0482. The maximum atomic E-state index is 11.9. The number of benzene rings is 2. The van der Waals surface area contributed by atoms with Crippen molar-refractivity contribution >= 4 is 5.78 Å². The summed E-state index contributed by atoms with van der Waals surface area (Å²) in [6, 6.07) is 13.0. The quantitative estimate of drug-likeness (QED) is 0.685. The normalized spacial score (nSPS) is 18.1. The van der Waals surface area contributed by atoms with Gasteiger partial charge in [-0.3, -0.25) is 4.79 Å². The van der Waals surface area contributed by atoms with E-state index in [2.05, 4.69) is 50.2 Å². The Morgan fingerprint density at radius 2 is 1.68 bits per heavy atom. The van der Waals surface area contributed by atoms with Crippen LogP contribution in [-0.2, 0) is 11.8 Å². The third-order valence-electron chi connectivity index (χ3n) is 4.73. The van der Waals surface area contributed by atoms with E-state index in [0.717, 1.165) is 12.0 Å². The van der Waals surface area contributed by atoms with Crippen molar-refractivity contribution in [1.82, 2.24) is 0 Å². The molecule has 94 valence electrons. The van der Waals surface area contributed by atoms with Gasteiger partial charge in [0.1, 0.15) is 0 Å². The highest BCUT2D eigenvalue weighted by molar-refractivity contribution is 6.02. The zero-order chi connectivity index (χ0) is 13.2. The highest BCUT2D eigenvalue weighted by atomic mass is 16.1. The zero-order valence-corrected chi connectivity index (χ0v) is 11.3. The molecule has 2 aliphatic carbocycles. The van der Waals surface area contributed by atoms with Gasteiger partial charge < -0.3 is 0 Å². The van der Waals surface area contributed by atoms with Crippen molar-refractivity contribution in [3.8, 4) is 11.1 Å². The fourth-order valence-corrected chi connectivity index (χ4v) is 3.64. The summed E-state index contributed by atoms with van der Waals surface area (Å²) >= 11 is 0. The molecule has 0 radical (unpaired) electrons. The molecule has 1 heteroatoms. The Morgan fingerprint density at radius 1 is 0.895 bits per heavy atom. The largest absolute Gasteiger partial charge is 0.294 e. The number of rotatable bonds is 0. The van der Waals surface area contributed by atoms with E-state index in [9.17, 15) is 4.79 Å². The number of carbonyl (C=O) groups excluding carboxylic acids is 1. The molecule has 0 fully saturated rings. The number of hydrogen-bond acceptors (Lipinski definition) is 1. The van der Waals surface area contributed by atoms with Crippen LogP contribution in [0.3, 0.4) is 0 Å². The van der Waals surface area contributed by atoms with Crippen LogP contribution in [0.1, 0.15) is 47.3 Å². The number of hydrogen-bond donors (Lipinski definition) is 0. The number of aryl methyl sites for hydroxylation is 1. The van der Waals surface area contributed by atoms with Crippen LogP contribution in [0.25, 0.3) is 11.1 Å². The van der Waals surface area contributed by atoms with Gasteiger partial charge >= 0.3 is 0 Å². The maximum absolute atomic E-state index is 11.9. The van der Waals surface area contributed by atoms with Crippen LogP contribution in [0, 0.1) is 0 Å². The van der Waals surface area contributed by atoms with E-state index in [4.69, 9.17) is 0 Å². The highest BCUT2D eigenvalue weighted by Gasteiger charge is 2.37. The Hall–Kier alpha value is -1.89. The molecule has 0 heterocycles. The molecular formula is C18H16O. The molecule has 0 saturated heterocycles. The molecular weight excluding hydrogens is 232 g/mol. The van der Waals surface area contributed by atoms with Crippen molar-refractivity contribution in [3.05, 3.63) is 58.7 Å². The summed E-state index contributed by atoms with van der Waals surface area (Å²) in [7, 11) is 0. The summed E-state index contributed by atoms with van der Waals surface area (Å²) in [5, 5.41) is 0. The second-order valence-electron chi connectivity index (χ2n) is 6.15. The first-order valence-corrected chi connectivity index (χ1v) is 6.89. The molecule has 0 amide bonds. The Bertz CT molecular complexity index is 722. The molecule has 0 spiro atoms. The van der Waals surface area contributed by atoms with E-state index < -0.39 is 0 Å². The zero-order valence-electron chi connectivity index (χ0n) is 11.3. The molecule has 0 N–H and O–H groups in total. The van der Waals surface area contributed by atoms with Gasteiger partial charge in [0.05, 0.1) is 0 Å². The molecule has 19 heavy (non-hydrogen) atoms. The van der Waals surface area contributed by atoms with E-state index in [1.54, 1.807) is 0 Å². The van der Waals surface area contributed by atoms with Gasteiger partial charge in [-0.1, -0.05) is 44.2 Å². The first-order valence-electron chi connectivity index (χ1n) is 6.89. The Labute approximate surface area is 113 Å². The van der Waals surface area contributed by atoms with Crippen molar-refractivity contribution in [2.75, 3.05) is 0 Å². The number of ketones is 1. The van der Waals surface area contributed by atoms with Crippen LogP contribution in [0.2, 0.25) is 0 Å². The third kappa shape index (κ3) is 1.28. The summed E-state index contributed by atoms with van der Waals surface area (Å²) in [5.74, 6) is 0.306. The first kappa shape index (κ1) is 11.0. The van der Waals surface area contributed by atoms with Gasteiger partial charge in [0.25, 0.3) is 0 Å². The average molecular weight is 248 g/mol. The molecule has 2 aromatic rings. The van der Waals surface area contributed by atoms with Gasteiger partial charge in [-0.05, 0) is 40.3 Å². The fraction of sp³-hybridized carbons (Fsp3) is 0.278. The van der Waals surface area contributed by atoms with Crippen LogP contribution in [0.15, 0.2) is 36.4 Å². The van der Waals surface area contributed by atoms with Gasteiger partial charge in [-0.2, -0.15) is 0 Å². The van der Waals surface area contributed by atoms with Gasteiger partial charge in [0, 0.05) is 17.4 Å². The molecule has 1 nitrogen and oxygen atoms in total. The van der Waals surface area contributed by atoms with Crippen LogP contribution in [0.5, 0.6) is 0 Å². The number of Topliss-reactive ketones (excluding diaryl/α,β-unsaturated/α-hetero) is 1. The Kier molecular flexibility index (Phi) is 1.94. The molecule has 2 aromatic carbocycles. The van der Waals surface area contributed by atoms with E-state index in [1.165, 1.54) is 27.8 Å². The summed E-state index contributed by atoms with van der Waals surface area (Å²) < 4.78 is 0. The second-order valence-corrected chi connectivity index (χ2v) is 6.15. The van der Waals surface area contributed by atoms with E-state index >= 15 is 0 Å². The number of fused-ring (bicyclic) bond motifs is 4. The van der Waals surface area contributed by atoms with Gasteiger partial charge in [-0.15, -0.1) is 0 Å². The van der Waals surface area contributed by atoms with Crippen molar-refractivity contribution in [3.63, 3.8) is 0 Å². The van der Waals surface area contributed by atoms with Crippen LogP contribution >= 0.6 is 0 Å². The molecule has 0 saturated carbocycles. The predicted octanol–water partition coefficient (Wildman–Crippen LogP) is 4.12. The first-order chi connectivity index (χ1) is 9.09.